The lowest BCUT2D eigenvalue weighted by atomic mass is 10.2. The highest BCUT2D eigenvalue weighted by Gasteiger charge is 2.11. The molecule has 0 bridgehead atoms. The van der Waals surface area contributed by atoms with Crippen LogP contribution in [-0.2, 0) is 0 Å². The molecule has 0 unspecified atom stereocenters. The summed E-state index contributed by atoms with van der Waals surface area (Å²) in [4.78, 5) is 13.5. The van der Waals surface area contributed by atoms with E-state index >= 15 is 0 Å². The van der Waals surface area contributed by atoms with Gasteiger partial charge in [-0.3, -0.25) is 0 Å². The van der Waals surface area contributed by atoms with Crippen LogP contribution < -0.4 is 15.5 Å². The number of hydrogen-bond donors (Lipinski definition) is 2. The number of amides is 2. The van der Waals surface area contributed by atoms with Crippen molar-refractivity contribution >= 4 is 17.4 Å². The molecular weight excluding hydrogens is 202 g/mol. The van der Waals surface area contributed by atoms with Crippen LogP contribution in [0.25, 0.3) is 0 Å². The molecule has 0 radical (unpaired) electrons. The fourth-order valence-corrected chi connectivity index (χ4v) is 1.92. The highest BCUT2D eigenvalue weighted by atomic mass is 16.2. The van der Waals surface area contributed by atoms with Gasteiger partial charge in [-0.15, -0.1) is 0 Å². The SMILES string of the molecule is CNC(=O)Nc1ccc(N2CCCC2)cc1. The second-order valence-corrected chi connectivity index (χ2v) is 3.95. The number of hydrogen-bond acceptors (Lipinski definition) is 2. The van der Waals surface area contributed by atoms with Crippen LogP contribution in [0.4, 0.5) is 16.2 Å². The van der Waals surface area contributed by atoms with E-state index in [0.29, 0.717) is 0 Å². The first-order valence-corrected chi connectivity index (χ1v) is 5.63. The largest absolute Gasteiger partial charge is 0.372 e. The molecule has 0 aromatic heterocycles. The predicted molar refractivity (Wildman–Crippen MR) is 66.0 cm³/mol. The fraction of sp³-hybridized carbons (Fsp3) is 0.417. The predicted octanol–water partition coefficient (Wildman–Crippen LogP) is 2.04. The van der Waals surface area contributed by atoms with Gasteiger partial charge in [-0.1, -0.05) is 0 Å². The summed E-state index contributed by atoms with van der Waals surface area (Å²) in [5.74, 6) is 0. The molecule has 1 saturated heterocycles. The van der Waals surface area contributed by atoms with E-state index in [0.717, 1.165) is 18.8 Å². The van der Waals surface area contributed by atoms with Crippen LogP contribution >= 0.6 is 0 Å². The maximum absolute atomic E-state index is 11.1. The third kappa shape index (κ3) is 2.45. The minimum atomic E-state index is -0.186. The summed E-state index contributed by atoms with van der Waals surface area (Å²) < 4.78 is 0. The molecule has 2 amide bonds. The Morgan fingerprint density at radius 2 is 1.81 bits per heavy atom. The van der Waals surface area contributed by atoms with Crippen molar-refractivity contribution in [2.75, 3.05) is 30.4 Å². The van der Waals surface area contributed by atoms with Gasteiger partial charge in [0.05, 0.1) is 0 Å². The third-order valence-corrected chi connectivity index (χ3v) is 2.82. The van der Waals surface area contributed by atoms with Crippen LogP contribution in [0, 0.1) is 0 Å². The summed E-state index contributed by atoms with van der Waals surface area (Å²) in [6.45, 7) is 2.28. The second kappa shape index (κ2) is 4.88. The Balaban J connectivity index is 2.01. The smallest absolute Gasteiger partial charge is 0.318 e. The van der Waals surface area contributed by atoms with Crippen molar-refractivity contribution in [1.82, 2.24) is 5.32 Å². The van der Waals surface area contributed by atoms with Crippen molar-refractivity contribution in [3.8, 4) is 0 Å². The van der Waals surface area contributed by atoms with E-state index in [1.165, 1.54) is 18.5 Å². The lowest BCUT2D eigenvalue weighted by Crippen LogP contribution is -2.24. The van der Waals surface area contributed by atoms with Crippen molar-refractivity contribution in [3.63, 3.8) is 0 Å². The maximum atomic E-state index is 11.1. The Bertz CT molecular complexity index is 355. The number of carbonyl (C=O) groups excluding carboxylic acids is 1. The zero-order valence-corrected chi connectivity index (χ0v) is 9.49. The van der Waals surface area contributed by atoms with E-state index in [4.69, 9.17) is 0 Å². The van der Waals surface area contributed by atoms with Crippen molar-refractivity contribution in [2.24, 2.45) is 0 Å². The van der Waals surface area contributed by atoms with Gasteiger partial charge in [0.2, 0.25) is 0 Å². The van der Waals surface area contributed by atoms with Gasteiger partial charge >= 0.3 is 6.03 Å². The summed E-state index contributed by atoms with van der Waals surface area (Å²) in [5.41, 5.74) is 2.06. The molecule has 2 rings (SSSR count). The number of nitrogens with one attached hydrogen (secondary N) is 2. The summed E-state index contributed by atoms with van der Waals surface area (Å²) in [5, 5.41) is 5.26. The molecule has 4 heteroatoms. The normalized spacial score (nSPS) is 14.9. The highest BCUT2D eigenvalue weighted by Crippen LogP contribution is 2.21. The Labute approximate surface area is 95.6 Å². The molecule has 1 aromatic carbocycles. The third-order valence-electron chi connectivity index (χ3n) is 2.82. The standard InChI is InChI=1S/C12H17N3O/c1-13-12(16)14-10-4-6-11(7-5-10)15-8-2-3-9-15/h4-7H,2-3,8-9H2,1H3,(H2,13,14,16). The fourth-order valence-electron chi connectivity index (χ4n) is 1.92. The molecule has 0 spiro atoms. The monoisotopic (exact) mass is 219 g/mol. The Morgan fingerprint density at radius 3 is 2.38 bits per heavy atom. The Hall–Kier alpha value is -1.71. The average Bonchev–Trinajstić information content (AvgIpc) is 2.83. The Kier molecular flexibility index (Phi) is 3.29. The molecule has 0 saturated carbocycles. The van der Waals surface area contributed by atoms with Gasteiger partial charge in [-0.2, -0.15) is 0 Å². The molecule has 1 aliphatic heterocycles. The summed E-state index contributed by atoms with van der Waals surface area (Å²) >= 11 is 0. The minimum absolute atomic E-state index is 0.186. The van der Waals surface area contributed by atoms with E-state index in [1.807, 2.05) is 12.1 Å². The average molecular weight is 219 g/mol. The highest BCUT2D eigenvalue weighted by molar-refractivity contribution is 5.89. The number of rotatable bonds is 2. The molecule has 0 atom stereocenters. The molecule has 1 aliphatic rings. The van der Waals surface area contributed by atoms with Crippen molar-refractivity contribution < 1.29 is 4.79 Å². The van der Waals surface area contributed by atoms with Crippen LogP contribution in [0.3, 0.4) is 0 Å². The topological polar surface area (TPSA) is 44.4 Å². The van der Waals surface area contributed by atoms with Gasteiger partial charge in [0.25, 0.3) is 0 Å². The number of urea groups is 1. The number of carbonyl (C=O) groups is 1. The molecule has 0 aliphatic carbocycles. The van der Waals surface area contributed by atoms with Crippen molar-refractivity contribution in [1.29, 1.82) is 0 Å². The molecule has 2 N–H and O–H groups in total. The van der Waals surface area contributed by atoms with Crippen LogP contribution in [0.15, 0.2) is 24.3 Å². The quantitative estimate of drug-likeness (QED) is 0.799. The van der Waals surface area contributed by atoms with Gasteiger partial charge < -0.3 is 15.5 Å². The van der Waals surface area contributed by atoms with Crippen LogP contribution in [0.1, 0.15) is 12.8 Å². The van der Waals surface area contributed by atoms with Crippen LogP contribution in [-0.4, -0.2) is 26.2 Å². The van der Waals surface area contributed by atoms with Crippen LogP contribution in [0.2, 0.25) is 0 Å². The summed E-state index contributed by atoms with van der Waals surface area (Å²) in [7, 11) is 1.61. The van der Waals surface area contributed by atoms with E-state index in [-0.39, 0.29) is 6.03 Å². The van der Waals surface area contributed by atoms with Gasteiger partial charge in [0, 0.05) is 31.5 Å². The van der Waals surface area contributed by atoms with Crippen LogP contribution in [0.5, 0.6) is 0 Å². The van der Waals surface area contributed by atoms with Gasteiger partial charge in [0.15, 0.2) is 0 Å². The number of nitrogens with zero attached hydrogens (tertiary/aromatic N) is 1. The zero-order chi connectivity index (χ0) is 11.4. The van der Waals surface area contributed by atoms with Gasteiger partial charge in [0.1, 0.15) is 0 Å². The first-order chi connectivity index (χ1) is 7.79. The molecule has 1 heterocycles. The lowest BCUT2D eigenvalue weighted by Gasteiger charge is -2.17. The van der Waals surface area contributed by atoms with Crippen molar-refractivity contribution in [3.05, 3.63) is 24.3 Å². The second-order valence-electron chi connectivity index (χ2n) is 3.95. The summed E-state index contributed by atoms with van der Waals surface area (Å²) in [6, 6.07) is 7.79. The van der Waals surface area contributed by atoms with E-state index in [1.54, 1.807) is 7.05 Å². The Morgan fingerprint density at radius 1 is 1.19 bits per heavy atom. The molecule has 16 heavy (non-hydrogen) atoms. The van der Waals surface area contributed by atoms with Crippen molar-refractivity contribution in [2.45, 2.75) is 12.8 Å². The zero-order valence-electron chi connectivity index (χ0n) is 9.49. The van der Waals surface area contributed by atoms with E-state index in [2.05, 4.69) is 27.7 Å². The number of anilines is 2. The maximum Gasteiger partial charge on any atom is 0.318 e. The first-order valence-electron chi connectivity index (χ1n) is 5.63. The van der Waals surface area contributed by atoms with E-state index in [9.17, 15) is 4.79 Å². The minimum Gasteiger partial charge on any atom is -0.372 e. The number of benzene rings is 1. The van der Waals surface area contributed by atoms with Gasteiger partial charge in [-0.25, -0.2) is 4.79 Å². The summed E-state index contributed by atoms with van der Waals surface area (Å²) in [6.07, 6.45) is 2.55. The molecular formula is C12H17N3O. The van der Waals surface area contributed by atoms with Gasteiger partial charge in [-0.05, 0) is 37.1 Å². The molecule has 4 nitrogen and oxygen atoms in total. The first kappa shape index (κ1) is 10.8. The molecule has 1 fully saturated rings. The molecule has 1 aromatic rings. The van der Waals surface area contributed by atoms with E-state index < -0.39 is 0 Å². The molecule has 86 valence electrons. The lowest BCUT2D eigenvalue weighted by molar-refractivity contribution is 0.254.